The molecule has 0 saturated heterocycles. The first kappa shape index (κ1) is 27.2. The molecule has 0 spiro atoms. The van der Waals surface area contributed by atoms with Crippen molar-refractivity contribution in [3.63, 3.8) is 0 Å². The number of hydrogen-bond donors (Lipinski definition) is 0. The minimum Gasteiger partial charge on any atom is -0.109 e. The van der Waals surface area contributed by atoms with Gasteiger partial charge in [0.05, 0.1) is 0 Å². The summed E-state index contributed by atoms with van der Waals surface area (Å²) in [5.41, 5.74) is 0. The Hall–Kier alpha value is 8.17. The van der Waals surface area contributed by atoms with Gasteiger partial charge in [-0.25, -0.2) is 0 Å². The van der Waals surface area contributed by atoms with Crippen LogP contribution in [0.1, 0.15) is 0 Å². The molecule has 0 aromatic carbocycles. The second-order valence-electron chi connectivity index (χ2n) is 2.80. The molecule has 12 unspecified atom stereocenters. The van der Waals surface area contributed by atoms with Gasteiger partial charge in [-0.15, -0.1) is 89.3 Å². The molecule has 0 aromatic heterocycles. The van der Waals surface area contributed by atoms with Crippen molar-refractivity contribution in [2.75, 3.05) is 0 Å². The molecule has 0 heterocycles. The summed E-state index contributed by atoms with van der Waals surface area (Å²) in [5, 5.41) is 0. The van der Waals surface area contributed by atoms with Crippen LogP contribution in [0.4, 0.5) is 0 Å². The zero-order valence-electron chi connectivity index (χ0n) is 9.85. The molecule has 0 radical (unpaired) electrons. The van der Waals surface area contributed by atoms with Gasteiger partial charge in [-0.3, -0.25) is 0 Å². The fourth-order valence-corrected chi connectivity index (χ4v) is 220. The summed E-state index contributed by atoms with van der Waals surface area (Å²) >= 11 is 0. The van der Waals surface area contributed by atoms with Crippen molar-refractivity contribution in [2.24, 2.45) is 0 Å². The Morgan fingerprint density at radius 2 is 0.737 bits per heavy atom. The highest BCUT2D eigenvalue weighted by Crippen LogP contribution is 3.28. The highest BCUT2D eigenvalue weighted by atomic mass is 33.4. The van der Waals surface area contributed by atoms with E-state index < -0.39 is 0 Å². The van der Waals surface area contributed by atoms with Crippen molar-refractivity contribution in [3.8, 4) is 0 Å². The summed E-state index contributed by atoms with van der Waals surface area (Å²) in [6, 6.07) is 0. The van der Waals surface area contributed by atoms with Crippen molar-refractivity contribution in [1.82, 2.24) is 0 Å². The predicted octanol–water partition coefficient (Wildman–Crippen LogP) is 10.7. The van der Waals surface area contributed by atoms with E-state index in [2.05, 4.69) is 89.3 Å². The second-order valence-corrected chi connectivity index (χ2v) is 75.6. The predicted molar refractivity (Wildman–Crippen MR) is 161 cm³/mol. The lowest BCUT2D eigenvalue weighted by Crippen LogP contribution is -1.55. The van der Waals surface area contributed by atoms with E-state index in [1.54, 1.807) is 0 Å². The van der Waals surface area contributed by atoms with E-state index in [1.807, 2.05) is 0 Å². The van der Waals surface area contributed by atoms with Gasteiger partial charge in [0, 0.05) is 0 Å². The Balaban J connectivity index is 5.50. The number of rotatable bonds is 8. The average Bonchev–Trinajstić information content (AvgIpc) is 2.24. The maximum Gasteiger partial charge on any atom is -0.00225 e. The van der Waals surface area contributed by atoms with E-state index in [0.29, 0.717) is 0 Å². The molecule has 0 fully saturated rings. The molecule has 0 aromatic rings. The van der Waals surface area contributed by atoms with Gasteiger partial charge in [0.15, 0.2) is 0 Å². The minimum atomic E-state index is 0.0492. The molecule has 0 N–H and O–H groups in total. The van der Waals surface area contributed by atoms with Crippen LogP contribution in [-0.4, -0.2) is 0 Å². The monoisotopic (exact) mass is 610 g/mol. The summed E-state index contributed by atoms with van der Waals surface area (Å²) in [5.74, 6) is 0. The summed E-state index contributed by atoms with van der Waals surface area (Å²) in [4.78, 5) is 0. The third kappa shape index (κ3) is 10.5. The molecule has 19 heteroatoms. The van der Waals surface area contributed by atoms with Crippen LogP contribution >= 0.6 is 153 Å². The van der Waals surface area contributed by atoms with Crippen LogP contribution in [0.5, 0.6) is 0 Å². The van der Waals surface area contributed by atoms with Crippen molar-refractivity contribution in [1.29, 1.82) is 0 Å². The van der Waals surface area contributed by atoms with Gasteiger partial charge in [0.1, 0.15) is 0 Å². The summed E-state index contributed by atoms with van der Waals surface area (Å²) in [6.07, 6.45) is 0. The first-order valence-corrected chi connectivity index (χ1v) is 38.1. The lowest BCUT2D eigenvalue weighted by molar-refractivity contribution is 4.51. The molecule has 116 valence electrons. The van der Waals surface area contributed by atoms with Crippen molar-refractivity contribution < 1.29 is 0 Å². The van der Waals surface area contributed by atoms with E-state index in [-0.39, 0.29) is 55.9 Å². The van der Waals surface area contributed by atoms with Crippen LogP contribution in [0.2, 0.25) is 0 Å². The third-order valence-electron chi connectivity index (χ3n) is 1.47. The van der Waals surface area contributed by atoms with Crippen LogP contribution in [0.25, 0.3) is 0 Å². The van der Waals surface area contributed by atoms with Gasteiger partial charge in [-0.05, 0) is 55.9 Å². The van der Waals surface area contributed by atoms with Crippen LogP contribution in [0.15, 0.2) is 0 Å². The zero-order chi connectivity index (χ0) is 15.3. The maximum atomic E-state index is 3.25. The van der Waals surface area contributed by atoms with Gasteiger partial charge >= 0.3 is 0 Å². The Bertz CT molecular complexity index is 188. The molecular weight excluding hydrogens is 589 g/mol. The Morgan fingerprint density at radius 1 is 0.474 bits per heavy atom. The molecule has 0 nitrogen and oxygen atoms in total. The topological polar surface area (TPSA) is 0 Å². The molecule has 0 rings (SSSR count). The van der Waals surface area contributed by atoms with Crippen molar-refractivity contribution >= 4 is 153 Å². The molecular formula is H21P19. The van der Waals surface area contributed by atoms with Gasteiger partial charge in [0.25, 0.3) is 0 Å². The SMILES string of the molecule is PPP(P)P(P(P(P)P)P(P)P)P(P(P)P)P(P)P. The van der Waals surface area contributed by atoms with Gasteiger partial charge in [0.2, 0.25) is 0 Å². The summed E-state index contributed by atoms with van der Waals surface area (Å²) in [7, 11) is 32.5. The van der Waals surface area contributed by atoms with Gasteiger partial charge in [-0.2, -0.15) is 0 Å². The quantitative estimate of drug-likeness (QED) is 0.240. The molecule has 0 amide bonds. The molecule has 0 aliphatic carbocycles. The van der Waals surface area contributed by atoms with Gasteiger partial charge in [-0.1, -0.05) is 7.96 Å². The Labute approximate surface area is 152 Å². The first-order chi connectivity index (χ1) is 8.64. The Morgan fingerprint density at radius 3 is 0.895 bits per heavy atom. The van der Waals surface area contributed by atoms with E-state index in [0.717, 1.165) is 7.96 Å². The highest BCUT2D eigenvalue weighted by Gasteiger charge is 2.40. The molecule has 0 aliphatic rings. The smallest absolute Gasteiger partial charge is 0.00225 e. The highest BCUT2D eigenvalue weighted by molar-refractivity contribution is 9.34. The van der Waals surface area contributed by atoms with E-state index >= 15 is 0 Å². The normalized spacial score (nSPS) is 15.6. The Kier molecular flexibility index (Phi) is 21.5. The lowest BCUT2D eigenvalue weighted by atomic mass is 28.6. The first-order valence-electron chi connectivity index (χ1n) is 4.24. The standard InChI is InChI=1S/H21P19/c1-11-16(10)19(17(12(2)3)13(4)5)18(14(6)7)15(8)9/h11H,1-10H2. The third-order valence-corrected chi connectivity index (χ3v) is 119. The molecule has 19 heavy (non-hydrogen) atoms. The van der Waals surface area contributed by atoms with Crippen LogP contribution in [-0.2, 0) is 0 Å². The zero-order valence-corrected chi connectivity index (χ0v) is 29.6. The summed E-state index contributed by atoms with van der Waals surface area (Å²) in [6.45, 7) is 0.854. The van der Waals surface area contributed by atoms with E-state index in [9.17, 15) is 0 Å². The largest absolute Gasteiger partial charge is 0.109 e. The van der Waals surface area contributed by atoms with Crippen LogP contribution < -0.4 is 0 Å². The van der Waals surface area contributed by atoms with Crippen LogP contribution in [0, 0.1) is 0 Å². The molecule has 0 saturated carbocycles. The molecule has 0 bridgehead atoms. The average molecular weight is 610 g/mol. The van der Waals surface area contributed by atoms with Gasteiger partial charge < -0.3 is 0 Å². The van der Waals surface area contributed by atoms with E-state index in [4.69, 9.17) is 0 Å². The summed E-state index contributed by atoms with van der Waals surface area (Å²) < 4.78 is 0. The van der Waals surface area contributed by atoms with Crippen molar-refractivity contribution in [2.45, 2.75) is 0 Å². The number of hydrogen-bond acceptors (Lipinski definition) is 0. The molecule has 12 atom stereocenters. The molecule has 0 aliphatic heterocycles. The fourth-order valence-electron chi connectivity index (χ4n) is 0.904. The second kappa shape index (κ2) is 15.1. The lowest BCUT2D eigenvalue weighted by Gasteiger charge is -2.44. The minimum absolute atomic E-state index is 0.0492. The van der Waals surface area contributed by atoms with Crippen molar-refractivity contribution in [3.05, 3.63) is 0 Å². The fraction of sp³-hybridized carbons (Fsp3) is 0. The van der Waals surface area contributed by atoms with E-state index in [1.165, 1.54) is 0 Å². The maximum absolute atomic E-state index is 3.25. The van der Waals surface area contributed by atoms with Crippen LogP contribution in [0.3, 0.4) is 0 Å².